The molecule has 1 aliphatic heterocycles. The monoisotopic (exact) mass is 504 g/mol. The molecule has 0 saturated heterocycles. The molecule has 3 aromatic rings. The standard InChI is InChI=1S/C28H32N4O3S/c29-14-5-15-30-28(35)23(19-20-10-11-21-6-1-2-7-22(21)18-20)31-26(33)12-16-32-24-8-3-4-9-25(24)36-17-13-27(32)34/h1-4,6-11,18,23H,5,12-17,19,29H2,(H,30,35)(H,31,33)/t23-/m1/s1. The average Bonchev–Trinajstić information content (AvgIpc) is 3.05. The van der Waals surface area contributed by atoms with Crippen molar-refractivity contribution in [3.05, 3.63) is 72.3 Å². The first-order chi connectivity index (χ1) is 17.5. The molecule has 36 heavy (non-hydrogen) atoms. The molecule has 0 bridgehead atoms. The molecule has 3 amide bonds. The van der Waals surface area contributed by atoms with Crippen LogP contribution in [0.5, 0.6) is 0 Å². The second-order valence-electron chi connectivity index (χ2n) is 8.80. The van der Waals surface area contributed by atoms with E-state index in [1.165, 1.54) is 0 Å². The maximum atomic E-state index is 13.0. The molecule has 4 N–H and O–H groups in total. The number of hydrogen-bond donors (Lipinski definition) is 3. The molecular weight excluding hydrogens is 472 g/mol. The highest BCUT2D eigenvalue weighted by molar-refractivity contribution is 7.99. The lowest BCUT2D eigenvalue weighted by molar-refractivity contribution is -0.129. The largest absolute Gasteiger partial charge is 0.354 e. The van der Waals surface area contributed by atoms with Crippen molar-refractivity contribution in [3.8, 4) is 0 Å². The number of amides is 3. The van der Waals surface area contributed by atoms with E-state index in [2.05, 4.69) is 10.6 Å². The van der Waals surface area contributed by atoms with E-state index < -0.39 is 6.04 Å². The number of benzene rings is 3. The molecule has 0 saturated carbocycles. The predicted molar refractivity (Wildman–Crippen MR) is 145 cm³/mol. The van der Waals surface area contributed by atoms with Crippen LogP contribution in [-0.4, -0.2) is 49.2 Å². The summed E-state index contributed by atoms with van der Waals surface area (Å²) in [4.78, 5) is 41.4. The molecule has 0 fully saturated rings. The van der Waals surface area contributed by atoms with Gasteiger partial charge in [0.05, 0.1) is 5.69 Å². The summed E-state index contributed by atoms with van der Waals surface area (Å²) >= 11 is 1.65. The van der Waals surface area contributed by atoms with Crippen LogP contribution in [0.1, 0.15) is 24.8 Å². The van der Waals surface area contributed by atoms with Gasteiger partial charge in [0, 0.05) is 43.0 Å². The van der Waals surface area contributed by atoms with Gasteiger partial charge in [-0.1, -0.05) is 54.6 Å². The first kappa shape index (κ1) is 25.7. The Bertz CT molecular complexity index is 1230. The number of carbonyl (C=O) groups is 3. The number of nitrogens with two attached hydrogens (primary N) is 1. The van der Waals surface area contributed by atoms with Crippen molar-refractivity contribution < 1.29 is 14.4 Å². The highest BCUT2D eigenvalue weighted by Crippen LogP contribution is 2.34. The fraction of sp³-hybridized carbons (Fsp3) is 0.321. The van der Waals surface area contributed by atoms with Gasteiger partial charge in [0.2, 0.25) is 17.7 Å². The van der Waals surface area contributed by atoms with Gasteiger partial charge in [0.15, 0.2) is 0 Å². The van der Waals surface area contributed by atoms with E-state index in [1.54, 1.807) is 16.7 Å². The maximum absolute atomic E-state index is 13.0. The minimum atomic E-state index is -0.723. The van der Waals surface area contributed by atoms with Crippen molar-refractivity contribution in [1.29, 1.82) is 0 Å². The quantitative estimate of drug-likeness (QED) is 0.368. The number of anilines is 1. The lowest BCUT2D eigenvalue weighted by atomic mass is 10.0. The number of rotatable bonds is 10. The molecule has 8 heteroatoms. The van der Waals surface area contributed by atoms with Crippen LogP contribution >= 0.6 is 11.8 Å². The number of para-hydroxylation sites is 1. The van der Waals surface area contributed by atoms with Crippen molar-refractivity contribution in [3.63, 3.8) is 0 Å². The number of nitrogens with one attached hydrogen (secondary N) is 2. The highest BCUT2D eigenvalue weighted by Gasteiger charge is 2.25. The highest BCUT2D eigenvalue weighted by atomic mass is 32.2. The molecule has 7 nitrogen and oxygen atoms in total. The van der Waals surface area contributed by atoms with Crippen molar-refractivity contribution >= 4 is 45.9 Å². The van der Waals surface area contributed by atoms with Gasteiger partial charge in [-0.2, -0.15) is 0 Å². The minimum Gasteiger partial charge on any atom is -0.354 e. The molecule has 0 spiro atoms. The number of hydrogen-bond acceptors (Lipinski definition) is 5. The van der Waals surface area contributed by atoms with Crippen LogP contribution in [0.2, 0.25) is 0 Å². The lowest BCUT2D eigenvalue weighted by Gasteiger charge is -2.23. The van der Waals surface area contributed by atoms with Crippen LogP contribution in [0.25, 0.3) is 10.8 Å². The summed E-state index contributed by atoms with van der Waals surface area (Å²) in [5.41, 5.74) is 7.36. The molecule has 188 valence electrons. The molecule has 0 unspecified atom stereocenters. The Morgan fingerprint density at radius 1 is 1.03 bits per heavy atom. The van der Waals surface area contributed by atoms with E-state index >= 15 is 0 Å². The van der Waals surface area contributed by atoms with E-state index in [0.29, 0.717) is 32.4 Å². The smallest absolute Gasteiger partial charge is 0.242 e. The van der Waals surface area contributed by atoms with Gasteiger partial charge >= 0.3 is 0 Å². The Morgan fingerprint density at radius 3 is 2.64 bits per heavy atom. The van der Waals surface area contributed by atoms with E-state index in [9.17, 15) is 14.4 Å². The average molecular weight is 505 g/mol. The van der Waals surface area contributed by atoms with Gasteiger partial charge in [-0.3, -0.25) is 14.4 Å². The second kappa shape index (κ2) is 12.6. The SMILES string of the molecule is NCCCNC(=O)[C@@H](Cc1ccc2ccccc2c1)NC(=O)CCN1C(=O)CCSc2ccccc21. The number of nitrogens with zero attached hydrogens (tertiary/aromatic N) is 1. The minimum absolute atomic E-state index is 0.00694. The van der Waals surface area contributed by atoms with Gasteiger partial charge in [0.1, 0.15) is 6.04 Å². The molecule has 1 aliphatic rings. The van der Waals surface area contributed by atoms with Gasteiger partial charge in [-0.25, -0.2) is 0 Å². The van der Waals surface area contributed by atoms with Crippen LogP contribution in [0, 0.1) is 0 Å². The first-order valence-electron chi connectivity index (χ1n) is 12.3. The third-order valence-corrected chi connectivity index (χ3v) is 7.24. The van der Waals surface area contributed by atoms with E-state index in [0.717, 1.165) is 32.7 Å². The third kappa shape index (κ3) is 6.65. The zero-order valence-corrected chi connectivity index (χ0v) is 21.1. The molecule has 3 aromatic carbocycles. The molecule has 4 rings (SSSR count). The van der Waals surface area contributed by atoms with Crippen LogP contribution in [-0.2, 0) is 20.8 Å². The summed E-state index contributed by atoms with van der Waals surface area (Å²) in [5, 5.41) is 7.99. The van der Waals surface area contributed by atoms with Crippen LogP contribution in [0.3, 0.4) is 0 Å². The molecule has 1 atom stereocenters. The van der Waals surface area contributed by atoms with Crippen molar-refractivity contribution in [1.82, 2.24) is 10.6 Å². The fourth-order valence-corrected chi connectivity index (χ4v) is 5.29. The van der Waals surface area contributed by atoms with Gasteiger partial charge < -0.3 is 21.3 Å². The summed E-state index contributed by atoms with van der Waals surface area (Å²) in [6.45, 7) is 1.20. The summed E-state index contributed by atoms with van der Waals surface area (Å²) in [6, 6.07) is 21.1. The normalized spacial score (nSPS) is 14.1. The van der Waals surface area contributed by atoms with E-state index in [-0.39, 0.29) is 30.7 Å². The van der Waals surface area contributed by atoms with Crippen molar-refractivity contribution in [2.24, 2.45) is 5.73 Å². The molecule has 1 heterocycles. The first-order valence-corrected chi connectivity index (χ1v) is 13.3. The number of fused-ring (bicyclic) bond motifs is 2. The Kier molecular flexibility index (Phi) is 8.97. The van der Waals surface area contributed by atoms with Gasteiger partial charge in [-0.15, -0.1) is 11.8 Å². The topological polar surface area (TPSA) is 105 Å². The molecule has 0 aromatic heterocycles. The van der Waals surface area contributed by atoms with E-state index in [1.807, 2.05) is 66.7 Å². The maximum Gasteiger partial charge on any atom is 0.242 e. The fourth-order valence-electron chi connectivity index (χ4n) is 4.29. The number of thioether (sulfide) groups is 1. The molecular formula is C28H32N4O3S. The van der Waals surface area contributed by atoms with Crippen molar-refractivity contribution in [2.75, 3.05) is 30.3 Å². The van der Waals surface area contributed by atoms with Crippen LogP contribution < -0.4 is 21.3 Å². The molecule has 0 radical (unpaired) electrons. The zero-order valence-electron chi connectivity index (χ0n) is 20.2. The Hall–Kier alpha value is -3.36. The molecule has 0 aliphatic carbocycles. The summed E-state index contributed by atoms with van der Waals surface area (Å²) < 4.78 is 0. The predicted octanol–water partition coefficient (Wildman–Crippen LogP) is 3.25. The Morgan fingerprint density at radius 2 is 1.81 bits per heavy atom. The van der Waals surface area contributed by atoms with Gasteiger partial charge in [-0.05, 0) is 41.4 Å². The lowest BCUT2D eigenvalue weighted by Crippen LogP contribution is -2.49. The van der Waals surface area contributed by atoms with E-state index in [4.69, 9.17) is 5.73 Å². The zero-order chi connectivity index (χ0) is 25.3. The summed E-state index contributed by atoms with van der Waals surface area (Å²) in [6.07, 6.45) is 1.56. The third-order valence-electron chi connectivity index (χ3n) is 6.18. The van der Waals surface area contributed by atoms with Crippen LogP contribution in [0.4, 0.5) is 5.69 Å². The summed E-state index contributed by atoms with van der Waals surface area (Å²) in [7, 11) is 0. The Balaban J connectivity index is 1.44. The van der Waals surface area contributed by atoms with Gasteiger partial charge in [0.25, 0.3) is 0 Å². The number of carbonyl (C=O) groups excluding carboxylic acids is 3. The van der Waals surface area contributed by atoms with Crippen LogP contribution in [0.15, 0.2) is 71.6 Å². The van der Waals surface area contributed by atoms with Crippen molar-refractivity contribution in [2.45, 2.75) is 36.6 Å². The second-order valence-corrected chi connectivity index (χ2v) is 9.94. The Labute approximate surface area is 215 Å². The summed E-state index contributed by atoms with van der Waals surface area (Å²) in [5.74, 6) is 0.219.